The van der Waals surface area contributed by atoms with E-state index >= 15 is 0 Å². The minimum absolute atomic E-state index is 0.00912. The lowest BCUT2D eigenvalue weighted by molar-refractivity contribution is -0.124. The summed E-state index contributed by atoms with van der Waals surface area (Å²) >= 11 is 1.61. The van der Waals surface area contributed by atoms with Gasteiger partial charge in [0.15, 0.2) is 0 Å². The van der Waals surface area contributed by atoms with Crippen LogP contribution in [-0.2, 0) is 4.79 Å². The molecule has 0 bridgehead atoms. The maximum atomic E-state index is 11.4. The van der Waals surface area contributed by atoms with Gasteiger partial charge in [-0.1, -0.05) is 13.8 Å². The van der Waals surface area contributed by atoms with Crippen LogP contribution in [0, 0.1) is 12.8 Å². The van der Waals surface area contributed by atoms with Crippen LogP contribution in [-0.4, -0.2) is 10.9 Å². The van der Waals surface area contributed by atoms with Crippen molar-refractivity contribution in [3.63, 3.8) is 0 Å². The van der Waals surface area contributed by atoms with E-state index in [1.165, 1.54) is 0 Å². The van der Waals surface area contributed by atoms with E-state index in [4.69, 9.17) is 0 Å². The van der Waals surface area contributed by atoms with Crippen molar-refractivity contribution in [1.82, 2.24) is 10.3 Å². The monoisotopic (exact) mass is 212 g/mol. The molecular formula is C10H16N2OS. The Kier molecular flexibility index (Phi) is 3.63. The second-order valence-electron chi connectivity index (χ2n) is 3.68. The predicted octanol–water partition coefficient (Wildman–Crippen LogP) is 2.28. The first-order chi connectivity index (χ1) is 6.50. The Labute approximate surface area is 88.6 Å². The standard InChI is InChI=1S/C10H16N2OS/c1-6(2)10(13)11-7(3)9-5-14-8(4)12-9/h5-7H,1-4H3,(H,11,13). The lowest BCUT2D eigenvalue weighted by atomic mass is 10.2. The van der Waals surface area contributed by atoms with Crippen molar-refractivity contribution >= 4 is 17.2 Å². The van der Waals surface area contributed by atoms with Crippen molar-refractivity contribution in [2.24, 2.45) is 5.92 Å². The van der Waals surface area contributed by atoms with E-state index < -0.39 is 0 Å². The van der Waals surface area contributed by atoms with E-state index in [1.54, 1.807) is 11.3 Å². The second-order valence-corrected chi connectivity index (χ2v) is 4.74. The summed E-state index contributed by atoms with van der Waals surface area (Å²) in [6, 6.07) is 0.00912. The van der Waals surface area contributed by atoms with Crippen LogP contribution >= 0.6 is 11.3 Å². The minimum atomic E-state index is 0.00912. The maximum absolute atomic E-state index is 11.4. The van der Waals surface area contributed by atoms with Gasteiger partial charge in [-0.25, -0.2) is 4.98 Å². The molecule has 0 aliphatic carbocycles. The van der Waals surface area contributed by atoms with Gasteiger partial charge in [0, 0.05) is 11.3 Å². The number of rotatable bonds is 3. The number of aryl methyl sites for hydroxylation is 1. The van der Waals surface area contributed by atoms with E-state index in [1.807, 2.05) is 33.1 Å². The van der Waals surface area contributed by atoms with Crippen LogP contribution in [0.3, 0.4) is 0 Å². The van der Waals surface area contributed by atoms with E-state index in [0.717, 1.165) is 10.7 Å². The van der Waals surface area contributed by atoms with E-state index in [9.17, 15) is 4.79 Å². The molecule has 0 aliphatic heterocycles. The Morgan fingerprint density at radius 3 is 2.57 bits per heavy atom. The molecule has 78 valence electrons. The van der Waals surface area contributed by atoms with Crippen molar-refractivity contribution in [3.05, 3.63) is 16.1 Å². The number of hydrogen-bond donors (Lipinski definition) is 1. The van der Waals surface area contributed by atoms with E-state index in [0.29, 0.717) is 0 Å². The zero-order valence-corrected chi connectivity index (χ0v) is 9.81. The van der Waals surface area contributed by atoms with Gasteiger partial charge >= 0.3 is 0 Å². The highest BCUT2D eigenvalue weighted by molar-refractivity contribution is 7.09. The number of carbonyl (C=O) groups is 1. The topological polar surface area (TPSA) is 42.0 Å². The number of nitrogens with one attached hydrogen (secondary N) is 1. The molecule has 1 atom stereocenters. The smallest absolute Gasteiger partial charge is 0.223 e. The number of aromatic nitrogens is 1. The van der Waals surface area contributed by atoms with E-state index in [-0.39, 0.29) is 17.9 Å². The lowest BCUT2D eigenvalue weighted by Gasteiger charge is -2.13. The van der Waals surface area contributed by atoms with E-state index in [2.05, 4.69) is 10.3 Å². The molecule has 14 heavy (non-hydrogen) atoms. The fourth-order valence-corrected chi connectivity index (χ4v) is 1.74. The van der Waals surface area contributed by atoms with Gasteiger partial charge in [0.25, 0.3) is 0 Å². The Bertz CT molecular complexity index is 320. The van der Waals surface area contributed by atoms with Crippen molar-refractivity contribution in [2.45, 2.75) is 33.7 Å². The van der Waals surface area contributed by atoms with Gasteiger partial charge in [-0.3, -0.25) is 4.79 Å². The summed E-state index contributed by atoms with van der Waals surface area (Å²) in [7, 11) is 0. The highest BCUT2D eigenvalue weighted by atomic mass is 32.1. The van der Waals surface area contributed by atoms with Gasteiger partial charge in [0.1, 0.15) is 0 Å². The van der Waals surface area contributed by atoms with Crippen LogP contribution in [0.15, 0.2) is 5.38 Å². The van der Waals surface area contributed by atoms with Gasteiger partial charge in [-0.2, -0.15) is 0 Å². The molecule has 0 aliphatic rings. The molecule has 0 fully saturated rings. The summed E-state index contributed by atoms with van der Waals surface area (Å²) in [6.45, 7) is 7.68. The number of thiazole rings is 1. The molecule has 1 aromatic heterocycles. The molecule has 3 nitrogen and oxygen atoms in total. The average molecular weight is 212 g/mol. The highest BCUT2D eigenvalue weighted by Gasteiger charge is 2.13. The second kappa shape index (κ2) is 4.55. The van der Waals surface area contributed by atoms with Crippen LogP contribution in [0.2, 0.25) is 0 Å². The maximum Gasteiger partial charge on any atom is 0.223 e. The van der Waals surface area contributed by atoms with Crippen LogP contribution in [0.5, 0.6) is 0 Å². The molecule has 0 saturated heterocycles. The SMILES string of the molecule is Cc1nc(C(C)NC(=O)C(C)C)cs1. The van der Waals surface area contributed by atoms with Crippen LogP contribution < -0.4 is 5.32 Å². The normalized spacial score (nSPS) is 12.9. The molecule has 0 spiro atoms. The first-order valence-corrected chi connectivity index (χ1v) is 5.61. The van der Waals surface area contributed by atoms with Crippen LogP contribution in [0.25, 0.3) is 0 Å². The Balaban J connectivity index is 2.59. The number of hydrogen-bond acceptors (Lipinski definition) is 3. The minimum Gasteiger partial charge on any atom is -0.348 e. The quantitative estimate of drug-likeness (QED) is 0.835. The predicted molar refractivity (Wildman–Crippen MR) is 58.2 cm³/mol. The summed E-state index contributed by atoms with van der Waals surface area (Å²) in [5.41, 5.74) is 0.946. The zero-order valence-electron chi connectivity index (χ0n) is 9.00. The number of amides is 1. The lowest BCUT2D eigenvalue weighted by Crippen LogP contribution is -2.30. The molecule has 1 N–H and O–H groups in total. The summed E-state index contributed by atoms with van der Waals surface area (Å²) in [5, 5.41) is 5.93. The number of nitrogens with zero attached hydrogens (tertiary/aromatic N) is 1. The molecule has 0 aromatic carbocycles. The van der Waals surface area contributed by atoms with Crippen molar-refractivity contribution in [3.8, 4) is 0 Å². The Hall–Kier alpha value is -0.900. The summed E-state index contributed by atoms with van der Waals surface area (Å²) < 4.78 is 0. The van der Waals surface area contributed by atoms with Gasteiger partial charge in [0.05, 0.1) is 16.7 Å². The van der Waals surface area contributed by atoms with Gasteiger partial charge in [-0.15, -0.1) is 11.3 Å². The van der Waals surface area contributed by atoms with Crippen molar-refractivity contribution in [2.75, 3.05) is 0 Å². The van der Waals surface area contributed by atoms with Crippen LogP contribution in [0.1, 0.15) is 37.5 Å². The average Bonchev–Trinajstić information content (AvgIpc) is 2.51. The van der Waals surface area contributed by atoms with Crippen molar-refractivity contribution in [1.29, 1.82) is 0 Å². The largest absolute Gasteiger partial charge is 0.348 e. The molecular weight excluding hydrogens is 196 g/mol. The van der Waals surface area contributed by atoms with Gasteiger partial charge < -0.3 is 5.32 Å². The molecule has 1 aromatic rings. The van der Waals surface area contributed by atoms with Crippen molar-refractivity contribution < 1.29 is 4.79 Å². The fraction of sp³-hybridized carbons (Fsp3) is 0.600. The third kappa shape index (κ3) is 2.80. The molecule has 4 heteroatoms. The molecule has 0 saturated carbocycles. The molecule has 1 heterocycles. The fourth-order valence-electron chi connectivity index (χ4n) is 1.03. The number of carbonyl (C=O) groups excluding carboxylic acids is 1. The summed E-state index contributed by atoms with van der Waals surface area (Å²) in [4.78, 5) is 15.7. The van der Waals surface area contributed by atoms with Gasteiger partial charge in [-0.05, 0) is 13.8 Å². The highest BCUT2D eigenvalue weighted by Crippen LogP contribution is 2.15. The molecule has 1 unspecified atom stereocenters. The molecule has 0 radical (unpaired) electrons. The summed E-state index contributed by atoms with van der Waals surface area (Å²) in [5.74, 6) is 0.0975. The molecule has 1 rings (SSSR count). The molecule has 1 amide bonds. The third-order valence-electron chi connectivity index (χ3n) is 1.96. The zero-order chi connectivity index (χ0) is 10.7. The van der Waals surface area contributed by atoms with Gasteiger partial charge in [0.2, 0.25) is 5.91 Å². The Morgan fingerprint density at radius 2 is 2.14 bits per heavy atom. The Morgan fingerprint density at radius 1 is 1.50 bits per heavy atom. The first kappa shape index (κ1) is 11.2. The first-order valence-electron chi connectivity index (χ1n) is 4.73. The summed E-state index contributed by atoms with van der Waals surface area (Å²) in [6.07, 6.45) is 0. The van der Waals surface area contributed by atoms with Crippen LogP contribution in [0.4, 0.5) is 0 Å². The third-order valence-corrected chi connectivity index (χ3v) is 2.76.